The molecule has 0 aromatic carbocycles. The van der Waals surface area contributed by atoms with Gasteiger partial charge in [-0.25, -0.2) is 0 Å². The Labute approximate surface area is 69.0 Å². The van der Waals surface area contributed by atoms with Crippen molar-refractivity contribution in [2.75, 3.05) is 5.75 Å². The van der Waals surface area contributed by atoms with Crippen molar-refractivity contribution in [3.05, 3.63) is 0 Å². The maximum Gasteiger partial charge on any atom is 0.0129 e. The predicted octanol–water partition coefficient (Wildman–Crippen LogP) is 1.84. The molecule has 1 fully saturated rings. The summed E-state index contributed by atoms with van der Waals surface area (Å²) in [5.74, 6) is 0.955. The molecular formula is C8H17NS. The summed E-state index contributed by atoms with van der Waals surface area (Å²) in [5.41, 5.74) is 0. The minimum absolute atomic E-state index is 0.589. The first-order valence-corrected chi connectivity index (χ1v) is 4.83. The van der Waals surface area contributed by atoms with Gasteiger partial charge in [0.15, 0.2) is 0 Å². The van der Waals surface area contributed by atoms with Gasteiger partial charge in [-0.3, -0.25) is 0 Å². The van der Waals surface area contributed by atoms with Crippen LogP contribution in [-0.2, 0) is 0 Å². The van der Waals surface area contributed by atoms with Gasteiger partial charge in [-0.05, 0) is 19.8 Å². The summed E-state index contributed by atoms with van der Waals surface area (Å²) in [4.78, 5) is 0. The molecule has 1 rings (SSSR count). The topological polar surface area (TPSA) is 12.0 Å². The minimum Gasteiger partial charge on any atom is -0.311 e. The molecule has 0 amide bonds. The van der Waals surface area contributed by atoms with Crippen molar-refractivity contribution in [2.24, 2.45) is 0 Å². The van der Waals surface area contributed by atoms with E-state index in [0.29, 0.717) is 6.04 Å². The molecule has 0 bridgehead atoms. The van der Waals surface area contributed by atoms with Gasteiger partial charge in [0, 0.05) is 17.8 Å². The monoisotopic (exact) mass is 159 g/mol. The Morgan fingerprint density at radius 3 is 2.60 bits per heavy atom. The fourth-order valence-electron chi connectivity index (χ4n) is 1.55. The normalized spacial score (nSPS) is 23.4. The molecular weight excluding hydrogens is 142 g/mol. The second kappa shape index (κ2) is 4.24. The van der Waals surface area contributed by atoms with Crippen LogP contribution < -0.4 is 5.32 Å². The lowest BCUT2D eigenvalue weighted by Crippen LogP contribution is -2.35. The molecule has 60 valence electrons. The van der Waals surface area contributed by atoms with Crippen LogP contribution in [0.4, 0.5) is 0 Å². The SMILES string of the molecule is CC(CS)NC1CCCC1. The van der Waals surface area contributed by atoms with Crippen molar-refractivity contribution in [3.8, 4) is 0 Å². The molecule has 1 nitrogen and oxygen atoms in total. The molecule has 1 aliphatic rings. The molecule has 0 aliphatic heterocycles. The Bertz CT molecular complexity index is 89.3. The summed E-state index contributed by atoms with van der Waals surface area (Å²) in [5, 5.41) is 3.55. The highest BCUT2D eigenvalue weighted by Gasteiger charge is 2.15. The third kappa shape index (κ3) is 2.51. The number of thiol groups is 1. The van der Waals surface area contributed by atoms with Crippen molar-refractivity contribution in [1.82, 2.24) is 5.32 Å². The standard InChI is InChI=1S/C8H17NS/c1-7(6-10)9-8-4-2-3-5-8/h7-10H,2-6H2,1H3. The summed E-state index contributed by atoms with van der Waals surface area (Å²) >= 11 is 4.23. The van der Waals surface area contributed by atoms with Gasteiger partial charge in [-0.1, -0.05) is 12.8 Å². The van der Waals surface area contributed by atoms with Crippen LogP contribution in [0.25, 0.3) is 0 Å². The highest BCUT2D eigenvalue weighted by Crippen LogP contribution is 2.17. The molecule has 1 unspecified atom stereocenters. The van der Waals surface area contributed by atoms with Crippen molar-refractivity contribution < 1.29 is 0 Å². The highest BCUT2D eigenvalue weighted by atomic mass is 32.1. The van der Waals surface area contributed by atoms with Gasteiger partial charge in [0.05, 0.1) is 0 Å². The van der Waals surface area contributed by atoms with Gasteiger partial charge in [0.1, 0.15) is 0 Å². The Morgan fingerprint density at radius 1 is 1.50 bits per heavy atom. The van der Waals surface area contributed by atoms with Crippen molar-refractivity contribution >= 4 is 12.6 Å². The van der Waals surface area contributed by atoms with E-state index in [9.17, 15) is 0 Å². The van der Waals surface area contributed by atoms with Gasteiger partial charge < -0.3 is 5.32 Å². The quantitative estimate of drug-likeness (QED) is 0.599. The van der Waals surface area contributed by atoms with Crippen LogP contribution in [0.5, 0.6) is 0 Å². The van der Waals surface area contributed by atoms with Gasteiger partial charge in [-0.2, -0.15) is 12.6 Å². The molecule has 0 spiro atoms. The molecule has 0 aromatic heterocycles. The summed E-state index contributed by atoms with van der Waals surface area (Å²) in [6.45, 7) is 2.20. The predicted molar refractivity (Wildman–Crippen MR) is 48.7 cm³/mol. The summed E-state index contributed by atoms with van der Waals surface area (Å²) in [6.07, 6.45) is 5.57. The molecule has 1 N–H and O–H groups in total. The van der Waals surface area contributed by atoms with Crippen molar-refractivity contribution in [2.45, 2.75) is 44.7 Å². The summed E-state index contributed by atoms with van der Waals surface area (Å²) < 4.78 is 0. The van der Waals surface area contributed by atoms with Gasteiger partial charge >= 0.3 is 0 Å². The minimum atomic E-state index is 0.589. The average molecular weight is 159 g/mol. The zero-order chi connectivity index (χ0) is 7.40. The first kappa shape index (κ1) is 8.41. The molecule has 2 heteroatoms. The lowest BCUT2D eigenvalue weighted by atomic mass is 10.2. The maximum absolute atomic E-state index is 4.23. The fraction of sp³-hybridized carbons (Fsp3) is 1.00. The summed E-state index contributed by atoms with van der Waals surface area (Å²) in [7, 11) is 0. The van der Waals surface area contributed by atoms with Crippen LogP contribution in [0, 0.1) is 0 Å². The lowest BCUT2D eigenvalue weighted by molar-refractivity contribution is 0.476. The van der Waals surface area contributed by atoms with Gasteiger partial charge in [0.2, 0.25) is 0 Å². The second-order valence-electron chi connectivity index (χ2n) is 3.23. The van der Waals surface area contributed by atoms with Crippen LogP contribution in [0.15, 0.2) is 0 Å². The smallest absolute Gasteiger partial charge is 0.0129 e. The Hall–Kier alpha value is 0.310. The molecule has 0 radical (unpaired) electrons. The Morgan fingerprint density at radius 2 is 2.10 bits per heavy atom. The van der Waals surface area contributed by atoms with E-state index in [1.54, 1.807) is 0 Å². The Balaban J connectivity index is 2.11. The molecule has 0 aromatic rings. The first-order chi connectivity index (χ1) is 4.83. The molecule has 0 heterocycles. The number of nitrogens with one attached hydrogen (secondary N) is 1. The van der Waals surface area contributed by atoms with E-state index in [0.717, 1.165) is 11.8 Å². The third-order valence-corrected chi connectivity index (χ3v) is 2.70. The Kier molecular flexibility index (Phi) is 3.57. The van der Waals surface area contributed by atoms with Gasteiger partial charge in [0.25, 0.3) is 0 Å². The van der Waals surface area contributed by atoms with E-state index >= 15 is 0 Å². The van der Waals surface area contributed by atoms with Gasteiger partial charge in [-0.15, -0.1) is 0 Å². The molecule has 0 saturated heterocycles. The van der Waals surface area contributed by atoms with Crippen LogP contribution in [0.3, 0.4) is 0 Å². The summed E-state index contributed by atoms with van der Waals surface area (Å²) in [6, 6.07) is 1.38. The number of hydrogen-bond donors (Lipinski definition) is 2. The average Bonchev–Trinajstić information content (AvgIpc) is 2.40. The van der Waals surface area contributed by atoms with Crippen LogP contribution in [0.1, 0.15) is 32.6 Å². The fourth-order valence-corrected chi connectivity index (χ4v) is 1.65. The first-order valence-electron chi connectivity index (χ1n) is 4.20. The number of hydrogen-bond acceptors (Lipinski definition) is 2. The van der Waals surface area contributed by atoms with Crippen molar-refractivity contribution in [1.29, 1.82) is 0 Å². The van der Waals surface area contributed by atoms with Crippen LogP contribution in [0.2, 0.25) is 0 Å². The zero-order valence-corrected chi connectivity index (χ0v) is 7.53. The van der Waals surface area contributed by atoms with Crippen LogP contribution >= 0.6 is 12.6 Å². The molecule has 10 heavy (non-hydrogen) atoms. The zero-order valence-electron chi connectivity index (χ0n) is 6.64. The molecule has 1 saturated carbocycles. The second-order valence-corrected chi connectivity index (χ2v) is 3.60. The van der Waals surface area contributed by atoms with E-state index < -0.39 is 0 Å². The highest BCUT2D eigenvalue weighted by molar-refractivity contribution is 7.80. The number of rotatable bonds is 3. The van der Waals surface area contributed by atoms with Crippen LogP contribution in [-0.4, -0.2) is 17.8 Å². The third-order valence-electron chi connectivity index (χ3n) is 2.15. The largest absolute Gasteiger partial charge is 0.311 e. The van der Waals surface area contributed by atoms with E-state index in [1.807, 2.05) is 0 Å². The molecule has 1 aliphatic carbocycles. The molecule has 1 atom stereocenters. The maximum atomic E-state index is 4.23. The van der Waals surface area contributed by atoms with E-state index in [2.05, 4.69) is 24.9 Å². The van der Waals surface area contributed by atoms with Crippen molar-refractivity contribution in [3.63, 3.8) is 0 Å². The van der Waals surface area contributed by atoms with E-state index in [-0.39, 0.29) is 0 Å². The lowest BCUT2D eigenvalue weighted by Gasteiger charge is -2.16. The van der Waals surface area contributed by atoms with E-state index in [4.69, 9.17) is 0 Å². The van der Waals surface area contributed by atoms with E-state index in [1.165, 1.54) is 25.7 Å².